The summed E-state index contributed by atoms with van der Waals surface area (Å²) in [5, 5.41) is 0. The molecule has 1 unspecified atom stereocenters. The topological polar surface area (TPSA) is 113 Å². The zero-order chi connectivity index (χ0) is 26.6. The number of para-hydroxylation sites is 2. The van der Waals surface area contributed by atoms with Crippen molar-refractivity contribution in [3.63, 3.8) is 0 Å². The Morgan fingerprint density at radius 2 is 1.78 bits per heavy atom. The van der Waals surface area contributed by atoms with Gasteiger partial charge in [-0.25, -0.2) is 4.98 Å². The quantitative estimate of drug-likeness (QED) is 0.405. The van der Waals surface area contributed by atoms with Crippen LogP contribution in [0.1, 0.15) is 62.3 Å². The summed E-state index contributed by atoms with van der Waals surface area (Å²) in [6.45, 7) is 6.61. The van der Waals surface area contributed by atoms with Gasteiger partial charge in [0, 0.05) is 0 Å². The lowest BCUT2D eigenvalue weighted by molar-refractivity contribution is -0.122. The first-order chi connectivity index (χ1) is 17.8. The van der Waals surface area contributed by atoms with E-state index < -0.39 is 13.5 Å². The summed E-state index contributed by atoms with van der Waals surface area (Å²) in [6, 6.07) is 9.46. The number of methoxy groups -OCH3 is 1. The number of anilines is 2. The monoisotopic (exact) mass is 531 g/mol. The first-order valence-electron chi connectivity index (χ1n) is 13.0. The molecular formula is C27H38N3O6P. The van der Waals surface area contributed by atoms with Crippen LogP contribution in [0.4, 0.5) is 11.5 Å². The van der Waals surface area contributed by atoms with Crippen molar-refractivity contribution in [1.82, 2.24) is 4.98 Å². The molecule has 2 aromatic rings. The fourth-order valence-corrected chi connectivity index (χ4v) is 6.91. The van der Waals surface area contributed by atoms with Crippen LogP contribution in [0.5, 0.6) is 5.75 Å². The highest BCUT2D eigenvalue weighted by Crippen LogP contribution is 2.49. The number of nitrogen functional groups attached to an aromatic ring is 1. The van der Waals surface area contributed by atoms with Gasteiger partial charge in [-0.1, -0.05) is 12.1 Å². The fourth-order valence-electron chi connectivity index (χ4n) is 5.51. The molecule has 37 heavy (non-hydrogen) atoms. The lowest BCUT2D eigenvalue weighted by Gasteiger charge is -2.40. The van der Waals surface area contributed by atoms with Crippen LogP contribution in [0.15, 0.2) is 30.3 Å². The van der Waals surface area contributed by atoms with Crippen LogP contribution in [0, 0.1) is 12.8 Å². The molecule has 1 amide bonds. The maximum Gasteiger partial charge on any atom is 0.356 e. The second-order valence-electron chi connectivity index (χ2n) is 9.58. The number of aryl methyl sites for hydroxylation is 1. The number of rotatable bonds is 10. The summed E-state index contributed by atoms with van der Waals surface area (Å²) in [5.74, 6) is 0.775. The van der Waals surface area contributed by atoms with Crippen LogP contribution >= 0.6 is 7.60 Å². The molecule has 1 atom stereocenters. The van der Waals surface area contributed by atoms with Gasteiger partial charge in [0.15, 0.2) is 0 Å². The largest absolute Gasteiger partial charge is 0.495 e. The smallest absolute Gasteiger partial charge is 0.356 e. The number of nitrogens with two attached hydrogens (primary N) is 1. The lowest BCUT2D eigenvalue weighted by atomic mass is 9.74. The molecule has 10 heteroatoms. The molecule has 9 nitrogen and oxygen atoms in total. The summed E-state index contributed by atoms with van der Waals surface area (Å²) in [4.78, 5) is 20.5. The molecule has 1 saturated carbocycles. The average Bonchev–Trinajstić information content (AvgIpc) is 2.88. The number of ether oxygens (including phenoxy) is 2. The molecule has 2 N–H and O–H groups in total. The van der Waals surface area contributed by atoms with E-state index in [0.717, 1.165) is 48.2 Å². The van der Waals surface area contributed by atoms with E-state index in [-0.39, 0.29) is 24.3 Å². The van der Waals surface area contributed by atoms with E-state index >= 15 is 0 Å². The van der Waals surface area contributed by atoms with Crippen molar-refractivity contribution < 1.29 is 27.9 Å². The minimum absolute atomic E-state index is 0.0102. The number of benzene rings is 1. The van der Waals surface area contributed by atoms with Gasteiger partial charge in [0.25, 0.3) is 0 Å². The van der Waals surface area contributed by atoms with Gasteiger partial charge in [-0.2, -0.15) is 0 Å². The van der Waals surface area contributed by atoms with E-state index in [1.807, 2.05) is 42.2 Å². The predicted molar refractivity (Wildman–Crippen MR) is 143 cm³/mol. The minimum atomic E-state index is -3.26. The van der Waals surface area contributed by atoms with E-state index in [1.165, 1.54) is 0 Å². The Balaban J connectivity index is 1.55. The normalized spacial score (nSPS) is 22.1. The second-order valence-corrected chi connectivity index (χ2v) is 11.6. The zero-order valence-electron chi connectivity index (χ0n) is 22.1. The third-order valence-corrected chi connectivity index (χ3v) is 9.00. The fraction of sp³-hybridized carbons (Fsp3) is 0.556. The number of carbonyl (C=O) groups is 1. The van der Waals surface area contributed by atoms with Crippen LogP contribution in [-0.2, 0) is 29.7 Å². The van der Waals surface area contributed by atoms with Crippen molar-refractivity contribution in [3.05, 3.63) is 47.2 Å². The number of nitrogens with zero attached hydrogens (tertiary/aromatic N) is 2. The molecule has 2 heterocycles. The summed E-state index contributed by atoms with van der Waals surface area (Å²) < 4.78 is 35.1. The minimum Gasteiger partial charge on any atom is -0.495 e. The molecule has 2 aliphatic rings. The number of aromatic nitrogens is 1. The van der Waals surface area contributed by atoms with Crippen molar-refractivity contribution in [1.29, 1.82) is 0 Å². The molecule has 0 spiro atoms. The zero-order valence-corrected chi connectivity index (χ0v) is 23.0. The second kappa shape index (κ2) is 11.9. The Bertz CT molecular complexity index is 1140. The summed E-state index contributed by atoms with van der Waals surface area (Å²) >= 11 is 0. The van der Waals surface area contributed by atoms with Gasteiger partial charge >= 0.3 is 7.60 Å². The number of amides is 1. The van der Waals surface area contributed by atoms with Crippen molar-refractivity contribution in [3.8, 4) is 5.75 Å². The van der Waals surface area contributed by atoms with Crippen molar-refractivity contribution in [2.75, 3.05) is 37.3 Å². The van der Waals surface area contributed by atoms with E-state index in [9.17, 15) is 9.36 Å². The highest BCUT2D eigenvalue weighted by atomic mass is 31.2. The molecule has 0 saturated heterocycles. The Kier molecular flexibility index (Phi) is 8.90. The molecule has 202 valence electrons. The van der Waals surface area contributed by atoms with Gasteiger partial charge in [0.2, 0.25) is 5.91 Å². The van der Waals surface area contributed by atoms with Crippen molar-refractivity contribution in [2.45, 2.75) is 65.0 Å². The summed E-state index contributed by atoms with van der Waals surface area (Å²) in [5.41, 5.74) is 9.74. The molecule has 1 aliphatic heterocycles. The Morgan fingerprint density at radius 3 is 2.43 bits per heavy atom. The molecule has 1 aromatic heterocycles. The van der Waals surface area contributed by atoms with E-state index in [1.54, 1.807) is 21.0 Å². The standard InChI is InChI=1S/C27H38N3O6P/c1-5-35-37(32,36-6-2)17-34-20-13-11-19(12-14-20)25-26-21(18(3)15-24(28)29-26)16-30(27(25)31)22-9-7-8-10-23(22)33-4/h7-10,15,19-20,25H,5-6,11-14,16-17H2,1-4H3,(H2,28,29). The number of hydrogen-bond acceptors (Lipinski definition) is 8. The first kappa shape index (κ1) is 27.6. The van der Waals surface area contributed by atoms with Crippen LogP contribution < -0.4 is 15.4 Å². The van der Waals surface area contributed by atoms with Crippen molar-refractivity contribution >= 4 is 25.0 Å². The number of fused-ring (bicyclic) bond motifs is 1. The van der Waals surface area contributed by atoms with Gasteiger partial charge in [-0.05, 0) is 81.7 Å². The van der Waals surface area contributed by atoms with Gasteiger partial charge in [-0.3, -0.25) is 9.36 Å². The first-order valence-corrected chi connectivity index (χ1v) is 14.7. The Hall–Kier alpha value is -2.45. The molecule has 0 radical (unpaired) electrons. The SMILES string of the molecule is CCOP(=O)(COC1CCC(C2C(=O)N(c3ccccc3OC)Cc3c(C)cc(N)nc32)CC1)OCC. The Labute approximate surface area is 219 Å². The molecule has 1 aliphatic carbocycles. The number of pyridine rings is 1. The van der Waals surface area contributed by atoms with Gasteiger partial charge in [-0.15, -0.1) is 0 Å². The van der Waals surface area contributed by atoms with Gasteiger partial charge < -0.3 is 29.2 Å². The van der Waals surface area contributed by atoms with Gasteiger partial charge in [0.1, 0.15) is 17.9 Å². The van der Waals surface area contributed by atoms with Gasteiger partial charge in [0.05, 0.1) is 50.3 Å². The van der Waals surface area contributed by atoms with E-state index in [4.69, 9.17) is 24.3 Å². The lowest BCUT2D eigenvalue weighted by Crippen LogP contribution is -2.44. The molecule has 4 rings (SSSR count). The third-order valence-electron chi connectivity index (χ3n) is 7.23. The molecule has 0 bridgehead atoms. The molecule has 1 fully saturated rings. The maximum absolute atomic E-state index is 14.0. The highest BCUT2D eigenvalue weighted by Gasteiger charge is 2.43. The van der Waals surface area contributed by atoms with E-state index in [0.29, 0.717) is 31.3 Å². The maximum atomic E-state index is 14.0. The highest BCUT2D eigenvalue weighted by molar-refractivity contribution is 7.53. The van der Waals surface area contributed by atoms with Crippen LogP contribution in [0.3, 0.4) is 0 Å². The van der Waals surface area contributed by atoms with Crippen LogP contribution in [-0.4, -0.2) is 43.7 Å². The van der Waals surface area contributed by atoms with Crippen molar-refractivity contribution in [2.24, 2.45) is 5.92 Å². The Morgan fingerprint density at radius 1 is 1.11 bits per heavy atom. The third kappa shape index (κ3) is 6.01. The van der Waals surface area contributed by atoms with Crippen LogP contribution in [0.2, 0.25) is 0 Å². The number of carbonyl (C=O) groups excluding carboxylic acids is 1. The average molecular weight is 532 g/mol. The predicted octanol–water partition coefficient (Wildman–Crippen LogP) is 5.41. The number of hydrogen-bond donors (Lipinski definition) is 1. The summed E-state index contributed by atoms with van der Waals surface area (Å²) in [7, 11) is -1.65. The van der Waals surface area contributed by atoms with E-state index in [2.05, 4.69) is 4.98 Å². The van der Waals surface area contributed by atoms with Crippen LogP contribution in [0.25, 0.3) is 0 Å². The molecule has 1 aromatic carbocycles. The molecular weight excluding hydrogens is 493 g/mol. The summed E-state index contributed by atoms with van der Waals surface area (Å²) in [6.07, 6.45) is 2.93.